The average Bonchev–Trinajstić information content (AvgIpc) is 3.24. The Kier molecular flexibility index (Phi) is 5.26. The molecule has 150 valence electrons. The number of aryl methyl sites for hydroxylation is 1. The minimum atomic E-state index is -0.359. The van der Waals surface area contributed by atoms with Crippen LogP contribution in [0.3, 0.4) is 0 Å². The molecule has 0 radical (unpaired) electrons. The Morgan fingerprint density at radius 2 is 1.86 bits per heavy atom. The smallest absolute Gasteiger partial charge is 0.260 e. The van der Waals surface area contributed by atoms with E-state index in [-0.39, 0.29) is 23.1 Å². The number of aromatic amines is 1. The number of H-pyrrole nitrogens is 1. The van der Waals surface area contributed by atoms with Crippen LogP contribution >= 0.6 is 0 Å². The van der Waals surface area contributed by atoms with Crippen molar-refractivity contribution in [2.45, 2.75) is 19.9 Å². The molecule has 1 saturated heterocycles. The van der Waals surface area contributed by atoms with E-state index in [0.717, 1.165) is 5.56 Å². The van der Waals surface area contributed by atoms with Crippen LogP contribution in [0.25, 0.3) is 11.4 Å². The zero-order chi connectivity index (χ0) is 20.4. The zero-order valence-electron chi connectivity index (χ0n) is 16.5. The molecule has 3 heterocycles. The number of nitrogens with zero attached hydrogens (tertiary/aromatic N) is 4. The van der Waals surface area contributed by atoms with Gasteiger partial charge in [-0.25, -0.2) is 0 Å². The topological polar surface area (TPSA) is 95.3 Å². The molecule has 3 aromatic rings. The van der Waals surface area contributed by atoms with Crippen LogP contribution in [-0.2, 0) is 0 Å². The largest absolute Gasteiger partial charge is 0.337 e. The SMILES string of the molecule is Cc1ccc(-c2noc(C(C)N3CCN(C(=O)c4ccc[nH]c4=O)CC3)n2)cc1. The van der Waals surface area contributed by atoms with Crippen molar-refractivity contribution >= 4 is 5.91 Å². The van der Waals surface area contributed by atoms with E-state index in [9.17, 15) is 9.59 Å². The van der Waals surface area contributed by atoms with Crippen LogP contribution in [0.15, 0.2) is 51.9 Å². The molecule has 1 fully saturated rings. The van der Waals surface area contributed by atoms with Gasteiger partial charge in [0.1, 0.15) is 5.56 Å². The number of amides is 1. The number of benzene rings is 1. The van der Waals surface area contributed by atoms with Crippen molar-refractivity contribution in [3.8, 4) is 11.4 Å². The molecule has 0 aliphatic carbocycles. The third-order valence-electron chi connectivity index (χ3n) is 5.31. The Bertz CT molecular complexity index is 1050. The lowest BCUT2D eigenvalue weighted by Gasteiger charge is -2.36. The Balaban J connectivity index is 1.40. The van der Waals surface area contributed by atoms with E-state index in [1.165, 1.54) is 11.8 Å². The van der Waals surface area contributed by atoms with Crippen LogP contribution in [-0.4, -0.2) is 57.0 Å². The summed E-state index contributed by atoms with van der Waals surface area (Å²) in [6, 6.07) is 11.1. The maximum atomic E-state index is 12.6. The molecule has 4 rings (SSSR count). The number of carbonyl (C=O) groups is 1. The van der Waals surface area contributed by atoms with Gasteiger partial charge in [-0.2, -0.15) is 4.98 Å². The molecule has 1 atom stereocenters. The van der Waals surface area contributed by atoms with E-state index in [1.807, 2.05) is 38.1 Å². The van der Waals surface area contributed by atoms with Crippen LogP contribution < -0.4 is 5.56 Å². The van der Waals surface area contributed by atoms with Gasteiger partial charge in [-0.05, 0) is 26.0 Å². The van der Waals surface area contributed by atoms with Crippen LogP contribution in [0.2, 0.25) is 0 Å². The monoisotopic (exact) mass is 393 g/mol. The first-order valence-electron chi connectivity index (χ1n) is 9.64. The lowest BCUT2D eigenvalue weighted by Crippen LogP contribution is -2.50. The Morgan fingerprint density at radius 3 is 2.55 bits per heavy atom. The summed E-state index contributed by atoms with van der Waals surface area (Å²) < 4.78 is 5.49. The molecule has 29 heavy (non-hydrogen) atoms. The van der Waals surface area contributed by atoms with Crippen molar-refractivity contribution in [1.29, 1.82) is 0 Å². The number of aromatic nitrogens is 3. The van der Waals surface area contributed by atoms with Gasteiger partial charge in [-0.3, -0.25) is 14.5 Å². The molecule has 1 aliphatic rings. The van der Waals surface area contributed by atoms with Gasteiger partial charge in [0.25, 0.3) is 11.5 Å². The maximum Gasteiger partial charge on any atom is 0.260 e. The highest BCUT2D eigenvalue weighted by molar-refractivity contribution is 5.93. The highest BCUT2D eigenvalue weighted by atomic mass is 16.5. The predicted octanol–water partition coefficient (Wildman–Crippen LogP) is 2.25. The highest BCUT2D eigenvalue weighted by Crippen LogP contribution is 2.24. The van der Waals surface area contributed by atoms with Crippen LogP contribution in [0.4, 0.5) is 0 Å². The number of piperazine rings is 1. The molecule has 1 aliphatic heterocycles. The zero-order valence-corrected chi connectivity index (χ0v) is 16.5. The first-order valence-corrected chi connectivity index (χ1v) is 9.64. The van der Waals surface area contributed by atoms with Gasteiger partial charge < -0.3 is 14.4 Å². The molecule has 1 N–H and O–H groups in total. The second-order valence-corrected chi connectivity index (χ2v) is 7.24. The number of rotatable bonds is 4. The van der Waals surface area contributed by atoms with E-state index in [4.69, 9.17) is 4.52 Å². The average molecular weight is 393 g/mol. The van der Waals surface area contributed by atoms with E-state index in [1.54, 1.807) is 17.0 Å². The predicted molar refractivity (Wildman–Crippen MR) is 107 cm³/mol. The molecule has 8 nitrogen and oxygen atoms in total. The van der Waals surface area contributed by atoms with Gasteiger partial charge in [0, 0.05) is 37.9 Å². The summed E-state index contributed by atoms with van der Waals surface area (Å²) in [7, 11) is 0. The van der Waals surface area contributed by atoms with Crippen molar-refractivity contribution in [2.75, 3.05) is 26.2 Å². The maximum absolute atomic E-state index is 12.6. The summed E-state index contributed by atoms with van der Waals surface area (Å²) in [4.78, 5) is 35.5. The summed E-state index contributed by atoms with van der Waals surface area (Å²) in [5.74, 6) is 0.891. The van der Waals surface area contributed by atoms with Crippen LogP contribution in [0.5, 0.6) is 0 Å². The molecule has 1 aromatic carbocycles. The minimum absolute atomic E-state index is 0.0564. The fraction of sp³-hybridized carbons (Fsp3) is 0.333. The second-order valence-electron chi connectivity index (χ2n) is 7.24. The molecule has 0 spiro atoms. The van der Waals surface area contributed by atoms with Gasteiger partial charge in [0.15, 0.2) is 0 Å². The third kappa shape index (κ3) is 3.97. The standard InChI is InChI=1S/C21H23N5O3/c1-14-5-7-16(8-6-14)18-23-20(29-24-18)15(2)25-10-12-26(13-11-25)21(28)17-4-3-9-22-19(17)27/h3-9,15H,10-13H2,1-2H3,(H,22,27). The minimum Gasteiger partial charge on any atom is -0.337 e. The quantitative estimate of drug-likeness (QED) is 0.731. The number of hydrogen-bond donors (Lipinski definition) is 1. The molecule has 8 heteroatoms. The number of nitrogens with one attached hydrogen (secondary N) is 1. The summed E-state index contributed by atoms with van der Waals surface area (Å²) in [6.45, 7) is 6.46. The molecule has 1 unspecified atom stereocenters. The normalized spacial score (nSPS) is 16.0. The number of pyridine rings is 1. The Morgan fingerprint density at radius 1 is 1.14 bits per heavy atom. The molecular weight excluding hydrogens is 370 g/mol. The molecule has 0 bridgehead atoms. The van der Waals surface area contributed by atoms with Crippen molar-refractivity contribution in [3.05, 3.63) is 70.0 Å². The molecule has 0 saturated carbocycles. The van der Waals surface area contributed by atoms with Crippen molar-refractivity contribution in [2.24, 2.45) is 0 Å². The number of carbonyl (C=O) groups excluding carboxylic acids is 1. The Labute approximate surface area is 168 Å². The lowest BCUT2D eigenvalue weighted by atomic mass is 10.1. The van der Waals surface area contributed by atoms with E-state index >= 15 is 0 Å². The molecule has 2 aromatic heterocycles. The van der Waals surface area contributed by atoms with Gasteiger partial charge >= 0.3 is 0 Å². The van der Waals surface area contributed by atoms with Gasteiger partial charge in [-0.15, -0.1) is 0 Å². The first kappa shape index (κ1) is 19.1. The third-order valence-corrected chi connectivity index (χ3v) is 5.31. The van der Waals surface area contributed by atoms with Crippen molar-refractivity contribution in [3.63, 3.8) is 0 Å². The highest BCUT2D eigenvalue weighted by Gasteiger charge is 2.28. The van der Waals surface area contributed by atoms with Gasteiger partial charge in [-0.1, -0.05) is 35.0 Å². The van der Waals surface area contributed by atoms with Crippen LogP contribution in [0.1, 0.15) is 34.8 Å². The van der Waals surface area contributed by atoms with E-state index in [2.05, 4.69) is 20.0 Å². The van der Waals surface area contributed by atoms with Gasteiger partial charge in [0.05, 0.1) is 6.04 Å². The fourth-order valence-corrected chi connectivity index (χ4v) is 3.45. The number of hydrogen-bond acceptors (Lipinski definition) is 6. The van der Waals surface area contributed by atoms with Crippen LogP contribution in [0, 0.1) is 6.92 Å². The summed E-state index contributed by atoms with van der Waals surface area (Å²) in [6.07, 6.45) is 1.52. The summed E-state index contributed by atoms with van der Waals surface area (Å²) in [5.41, 5.74) is 1.91. The molecule has 1 amide bonds. The van der Waals surface area contributed by atoms with Crippen molar-refractivity contribution < 1.29 is 9.32 Å². The lowest BCUT2D eigenvalue weighted by molar-refractivity contribution is 0.0550. The van der Waals surface area contributed by atoms with Crippen molar-refractivity contribution in [1.82, 2.24) is 24.9 Å². The first-order chi connectivity index (χ1) is 14.0. The summed E-state index contributed by atoms with van der Waals surface area (Å²) in [5, 5.41) is 4.11. The Hall–Kier alpha value is -3.26. The van der Waals surface area contributed by atoms with E-state index in [0.29, 0.717) is 37.9 Å². The summed E-state index contributed by atoms with van der Waals surface area (Å²) >= 11 is 0. The van der Waals surface area contributed by atoms with E-state index < -0.39 is 0 Å². The molecular formula is C21H23N5O3. The van der Waals surface area contributed by atoms with Gasteiger partial charge in [0.2, 0.25) is 11.7 Å². The second kappa shape index (κ2) is 8.00. The fourth-order valence-electron chi connectivity index (χ4n) is 3.45.